The highest BCUT2D eigenvalue weighted by atomic mass is 35.5. The second-order valence-electron chi connectivity index (χ2n) is 4.81. The second kappa shape index (κ2) is 18.9. The largest absolute Gasteiger partial charge is 1.00 e. The maximum Gasteiger partial charge on any atom is 0.0853 e. The van der Waals surface area contributed by atoms with Crippen LogP contribution in [0.15, 0.2) is 0 Å². The van der Waals surface area contributed by atoms with Crippen LogP contribution < -0.4 is 35.4 Å². The lowest BCUT2D eigenvalue weighted by atomic mass is 10.2. The Morgan fingerprint density at radius 2 is 1.00 bits per heavy atom. The first kappa shape index (κ1) is 24.8. The Labute approximate surface area is 137 Å². The Morgan fingerprint density at radius 1 is 0.684 bits per heavy atom. The van der Waals surface area contributed by atoms with E-state index in [4.69, 9.17) is 0 Å². The van der Waals surface area contributed by atoms with Crippen LogP contribution in [0.4, 0.5) is 0 Å². The monoisotopic (exact) mass is 332 g/mol. The summed E-state index contributed by atoms with van der Waals surface area (Å²) in [6.45, 7) is 11.8. The maximum absolute atomic E-state index is 2.53. The van der Waals surface area contributed by atoms with Crippen molar-refractivity contribution in [1.82, 2.24) is 0 Å². The molecule has 0 spiro atoms. The summed E-state index contributed by atoms with van der Waals surface area (Å²) in [7, 11) is 0. The van der Waals surface area contributed by atoms with E-state index in [-0.39, 0.29) is 24.8 Å². The first-order valence-corrected chi connectivity index (χ1v) is 8.68. The van der Waals surface area contributed by atoms with E-state index in [1.54, 1.807) is 0 Å². The van der Waals surface area contributed by atoms with Crippen LogP contribution in [0.1, 0.15) is 53.4 Å². The average Bonchev–Trinajstić information content (AvgIpc) is 2.37. The third kappa shape index (κ3) is 15.1. The maximum atomic E-state index is 2.53. The van der Waals surface area contributed by atoms with Crippen LogP contribution in [-0.4, -0.2) is 36.7 Å². The fourth-order valence-electron chi connectivity index (χ4n) is 2.12. The molecular weight excluding hydrogens is 299 g/mol. The summed E-state index contributed by atoms with van der Waals surface area (Å²) < 4.78 is 0. The lowest BCUT2D eigenvalue weighted by Crippen LogP contribution is -3.00. The summed E-state index contributed by atoms with van der Waals surface area (Å²) in [6, 6.07) is 1.71. The molecule has 0 aromatic rings. The van der Waals surface area contributed by atoms with Crippen molar-refractivity contribution in [2.24, 2.45) is 0 Å². The first-order chi connectivity index (χ1) is 8.28. The normalized spacial score (nSPS) is 10.4. The van der Waals surface area contributed by atoms with Crippen LogP contribution in [0, 0.1) is 0 Å². The molecule has 0 rings (SSSR count). The minimum Gasteiger partial charge on any atom is -1.00 e. The van der Waals surface area contributed by atoms with E-state index < -0.39 is 0 Å². The minimum absolute atomic E-state index is 0. The Bertz CT molecular complexity index is 138. The zero-order valence-electron chi connectivity index (χ0n) is 13.1. The van der Waals surface area contributed by atoms with Crippen molar-refractivity contribution in [2.75, 3.05) is 24.6 Å². The molecule has 0 aliphatic carbocycles. The minimum atomic E-state index is 0. The third-order valence-corrected chi connectivity index (χ3v) is 4.67. The molecule has 0 bridgehead atoms. The Morgan fingerprint density at radius 3 is 1.26 bits per heavy atom. The SMILES string of the molecule is CCC(CC)[NH2+]CCSCC[NH2+]C(CC)CC.[Cl-].[Cl-]. The molecule has 0 unspecified atom stereocenters. The van der Waals surface area contributed by atoms with Gasteiger partial charge >= 0.3 is 0 Å². The molecule has 0 saturated heterocycles. The summed E-state index contributed by atoms with van der Waals surface area (Å²) >= 11 is 2.12. The van der Waals surface area contributed by atoms with Gasteiger partial charge in [-0.3, -0.25) is 0 Å². The van der Waals surface area contributed by atoms with Crippen molar-refractivity contribution < 1.29 is 35.4 Å². The fraction of sp³-hybridized carbons (Fsp3) is 1.00. The summed E-state index contributed by atoms with van der Waals surface area (Å²) in [6.07, 6.45) is 5.24. The van der Waals surface area contributed by atoms with Gasteiger partial charge in [0.1, 0.15) is 0 Å². The standard InChI is InChI=1S/C14H32N2S.2ClH/c1-5-13(6-2)15-9-11-17-12-10-16-14(7-3)8-4;;/h13-16H,5-12H2,1-4H3;2*1H. The molecule has 0 aromatic heterocycles. The molecule has 19 heavy (non-hydrogen) atoms. The molecule has 0 amide bonds. The van der Waals surface area contributed by atoms with E-state index in [1.807, 2.05) is 0 Å². The average molecular weight is 333 g/mol. The number of hydrogen-bond donors (Lipinski definition) is 2. The smallest absolute Gasteiger partial charge is 0.0853 e. The van der Waals surface area contributed by atoms with Gasteiger partial charge in [0, 0.05) is 11.5 Å². The molecule has 0 aliphatic rings. The van der Waals surface area contributed by atoms with Gasteiger partial charge in [0.2, 0.25) is 0 Å². The van der Waals surface area contributed by atoms with Gasteiger partial charge in [-0.1, -0.05) is 27.7 Å². The van der Waals surface area contributed by atoms with Gasteiger partial charge < -0.3 is 35.4 Å². The third-order valence-electron chi connectivity index (χ3n) is 3.62. The number of thioether (sulfide) groups is 1. The van der Waals surface area contributed by atoms with Crippen molar-refractivity contribution >= 4 is 11.8 Å². The highest BCUT2D eigenvalue weighted by molar-refractivity contribution is 7.99. The van der Waals surface area contributed by atoms with Gasteiger partial charge in [0.25, 0.3) is 0 Å². The molecule has 0 fully saturated rings. The number of rotatable bonds is 12. The second-order valence-corrected chi connectivity index (χ2v) is 6.04. The molecule has 0 radical (unpaired) electrons. The van der Waals surface area contributed by atoms with E-state index in [9.17, 15) is 0 Å². The van der Waals surface area contributed by atoms with Gasteiger partial charge in [-0.15, -0.1) is 0 Å². The van der Waals surface area contributed by atoms with Crippen molar-refractivity contribution in [3.05, 3.63) is 0 Å². The van der Waals surface area contributed by atoms with Crippen molar-refractivity contribution in [1.29, 1.82) is 0 Å². The molecule has 0 saturated carbocycles. The van der Waals surface area contributed by atoms with E-state index in [0.29, 0.717) is 0 Å². The summed E-state index contributed by atoms with van der Waals surface area (Å²) in [5, 5.41) is 5.05. The van der Waals surface area contributed by atoms with Crippen LogP contribution in [0.2, 0.25) is 0 Å². The summed E-state index contributed by atoms with van der Waals surface area (Å²) in [4.78, 5) is 0. The zero-order chi connectivity index (χ0) is 12.9. The fourth-order valence-corrected chi connectivity index (χ4v) is 2.93. The van der Waals surface area contributed by atoms with E-state index in [2.05, 4.69) is 50.1 Å². The summed E-state index contributed by atoms with van der Waals surface area (Å²) in [5.74, 6) is 2.63. The molecule has 120 valence electrons. The quantitative estimate of drug-likeness (QED) is 0.346. The van der Waals surface area contributed by atoms with E-state index in [0.717, 1.165) is 12.1 Å². The number of hydrogen-bond acceptors (Lipinski definition) is 1. The summed E-state index contributed by atoms with van der Waals surface area (Å²) in [5.41, 5.74) is 0. The van der Waals surface area contributed by atoms with Gasteiger partial charge in [-0.05, 0) is 25.7 Å². The Hall–Kier alpha value is 0.850. The highest BCUT2D eigenvalue weighted by Gasteiger charge is 2.06. The molecule has 2 nitrogen and oxygen atoms in total. The predicted molar refractivity (Wildman–Crippen MR) is 79.6 cm³/mol. The van der Waals surface area contributed by atoms with Gasteiger partial charge in [0.05, 0.1) is 25.2 Å². The zero-order valence-corrected chi connectivity index (χ0v) is 15.5. The van der Waals surface area contributed by atoms with Crippen LogP contribution in [0.5, 0.6) is 0 Å². The number of quaternary nitrogens is 2. The van der Waals surface area contributed by atoms with Crippen molar-refractivity contribution in [2.45, 2.75) is 65.5 Å². The lowest BCUT2D eigenvalue weighted by Gasteiger charge is -2.12. The van der Waals surface area contributed by atoms with Gasteiger partial charge in [-0.2, -0.15) is 11.8 Å². The van der Waals surface area contributed by atoms with Crippen LogP contribution >= 0.6 is 11.8 Å². The topological polar surface area (TPSA) is 33.2 Å². The number of halogens is 2. The molecular formula is C14H34Cl2N2S. The molecule has 5 heteroatoms. The van der Waals surface area contributed by atoms with E-state index in [1.165, 1.54) is 50.3 Å². The van der Waals surface area contributed by atoms with Crippen LogP contribution in [0.3, 0.4) is 0 Å². The Kier molecular flexibility index (Phi) is 24.6. The molecule has 4 N–H and O–H groups in total. The van der Waals surface area contributed by atoms with E-state index >= 15 is 0 Å². The molecule has 0 atom stereocenters. The van der Waals surface area contributed by atoms with Crippen LogP contribution in [0.25, 0.3) is 0 Å². The van der Waals surface area contributed by atoms with Gasteiger partial charge in [0.15, 0.2) is 0 Å². The van der Waals surface area contributed by atoms with Crippen LogP contribution in [-0.2, 0) is 0 Å². The van der Waals surface area contributed by atoms with Crippen molar-refractivity contribution in [3.63, 3.8) is 0 Å². The van der Waals surface area contributed by atoms with Crippen molar-refractivity contribution in [3.8, 4) is 0 Å². The van der Waals surface area contributed by atoms with Gasteiger partial charge in [-0.25, -0.2) is 0 Å². The first-order valence-electron chi connectivity index (χ1n) is 7.52. The Balaban J connectivity index is -0.00000128. The number of nitrogens with two attached hydrogens (primary N) is 2. The molecule has 0 heterocycles. The lowest BCUT2D eigenvalue weighted by molar-refractivity contribution is -0.686. The predicted octanol–water partition coefficient (Wildman–Crippen LogP) is -4.77. The molecule has 0 aliphatic heterocycles. The molecule has 0 aromatic carbocycles. The highest BCUT2D eigenvalue weighted by Crippen LogP contribution is 1.95.